The van der Waals surface area contributed by atoms with Gasteiger partial charge in [-0.05, 0) is 25.8 Å². The minimum Gasteiger partial charge on any atom is -0.388 e. The Bertz CT molecular complexity index is 622. The van der Waals surface area contributed by atoms with Crippen LogP contribution in [-0.4, -0.2) is 33.8 Å². The van der Waals surface area contributed by atoms with Crippen molar-refractivity contribution < 1.29 is 5.11 Å². The number of anilines is 2. The van der Waals surface area contributed by atoms with Crippen LogP contribution >= 0.6 is 11.3 Å². The molecule has 0 spiro atoms. The molecule has 6 heteroatoms. The average molecular weight is 278 g/mol. The van der Waals surface area contributed by atoms with Crippen LogP contribution in [0.25, 0.3) is 10.2 Å². The fourth-order valence-corrected chi connectivity index (χ4v) is 3.48. The smallest absolute Gasteiger partial charge is 0.223 e. The van der Waals surface area contributed by atoms with Gasteiger partial charge in [-0.15, -0.1) is 11.3 Å². The summed E-state index contributed by atoms with van der Waals surface area (Å²) in [6.45, 7) is 5.38. The first kappa shape index (κ1) is 12.6. The molecule has 1 unspecified atom stereocenters. The first-order valence-electron chi connectivity index (χ1n) is 6.52. The van der Waals surface area contributed by atoms with Gasteiger partial charge in [-0.1, -0.05) is 6.92 Å². The zero-order valence-electron chi connectivity index (χ0n) is 11.2. The second-order valence-corrected chi connectivity index (χ2v) is 6.47. The molecular weight excluding hydrogens is 260 g/mol. The molecule has 0 bridgehead atoms. The van der Waals surface area contributed by atoms with E-state index in [2.05, 4.69) is 27.9 Å². The maximum Gasteiger partial charge on any atom is 0.223 e. The molecule has 2 aromatic rings. The highest BCUT2D eigenvalue weighted by atomic mass is 32.1. The highest BCUT2D eigenvalue weighted by Gasteiger charge is 2.33. The van der Waals surface area contributed by atoms with Crippen LogP contribution in [0.15, 0.2) is 6.07 Å². The monoisotopic (exact) mass is 278 g/mol. The zero-order valence-corrected chi connectivity index (χ0v) is 12.0. The van der Waals surface area contributed by atoms with E-state index >= 15 is 0 Å². The first-order valence-corrected chi connectivity index (χ1v) is 7.33. The first-order chi connectivity index (χ1) is 8.98. The van der Waals surface area contributed by atoms with Crippen molar-refractivity contribution in [3.05, 3.63) is 10.9 Å². The van der Waals surface area contributed by atoms with Crippen molar-refractivity contribution in [2.24, 2.45) is 0 Å². The van der Waals surface area contributed by atoms with Gasteiger partial charge in [0.2, 0.25) is 5.95 Å². The van der Waals surface area contributed by atoms with Crippen molar-refractivity contribution in [1.82, 2.24) is 9.97 Å². The minimum atomic E-state index is -0.643. The number of hydrogen-bond donors (Lipinski definition) is 2. The molecule has 2 aromatic heterocycles. The molecule has 0 saturated carbocycles. The summed E-state index contributed by atoms with van der Waals surface area (Å²) in [6, 6.07) is 2.14. The van der Waals surface area contributed by atoms with E-state index in [1.807, 2.05) is 6.92 Å². The van der Waals surface area contributed by atoms with E-state index in [1.165, 1.54) is 4.88 Å². The number of rotatable bonds is 2. The number of hydrogen-bond acceptors (Lipinski definition) is 6. The van der Waals surface area contributed by atoms with Crippen LogP contribution < -0.4 is 10.6 Å². The fraction of sp³-hybridized carbons (Fsp3) is 0.538. The molecule has 1 aliphatic heterocycles. The molecule has 102 valence electrons. The highest BCUT2D eigenvalue weighted by Crippen LogP contribution is 2.34. The molecule has 1 fully saturated rings. The lowest BCUT2D eigenvalue weighted by Gasteiger charge is -2.20. The zero-order chi connectivity index (χ0) is 13.6. The van der Waals surface area contributed by atoms with Crippen LogP contribution in [0, 0.1) is 0 Å². The van der Waals surface area contributed by atoms with Crippen LogP contribution in [-0.2, 0) is 6.42 Å². The van der Waals surface area contributed by atoms with E-state index in [-0.39, 0.29) is 0 Å². The molecule has 0 aromatic carbocycles. The Morgan fingerprint density at radius 2 is 2.32 bits per heavy atom. The van der Waals surface area contributed by atoms with Crippen molar-refractivity contribution in [1.29, 1.82) is 0 Å². The second-order valence-electron chi connectivity index (χ2n) is 5.36. The van der Waals surface area contributed by atoms with Crippen LogP contribution in [0.4, 0.5) is 11.8 Å². The number of aromatic nitrogens is 2. The predicted molar refractivity (Wildman–Crippen MR) is 78.7 cm³/mol. The lowest BCUT2D eigenvalue weighted by molar-refractivity contribution is 0.0839. The average Bonchev–Trinajstić information content (AvgIpc) is 2.90. The fourth-order valence-electron chi connectivity index (χ4n) is 2.51. The van der Waals surface area contributed by atoms with Crippen LogP contribution in [0.2, 0.25) is 0 Å². The predicted octanol–water partition coefficient (Wildman–Crippen LogP) is 1.80. The molecule has 0 radical (unpaired) electrons. The molecule has 3 heterocycles. The lowest BCUT2D eigenvalue weighted by Crippen LogP contribution is -2.30. The molecule has 1 atom stereocenters. The number of nitrogens with zero attached hydrogens (tertiary/aromatic N) is 3. The Morgan fingerprint density at radius 3 is 2.95 bits per heavy atom. The minimum absolute atomic E-state index is 0.304. The third kappa shape index (κ3) is 2.26. The molecule has 3 rings (SSSR count). The molecule has 3 N–H and O–H groups in total. The summed E-state index contributed by atoms with van der Waals surface area (Å²) in [7, 11) is 0. The van der Waals surface area contributed by atoms with Crippen LogP contribution in [0.5, 0.6) is 0 Å². The van der Waals surface area contributed by atoms with Crippen molar-refractivity contribution in [3.63, 3.8) is 0 Å². The van der Waals surface area contributed by atoms with E-state index < -0.39 is 5.60 Å². The van der Waals surface area contributed by atoms with Gasteiger partial charge in [0.1, 0.15) is 10.6 Å². The maximum atomic E-state index is 10.1. The van der Waals surface area contributed by atoms with Crippen LogP contribution in [0.3, 0.4) is 0 Å². The maximum absolute atomic E-state index is 10.1. The third-order valence-electron chi connectivity index (χ3n) is 3.54. The Hall–Kier alpha value is -1.40. The van der Waals surface area contributed by atoms with Crippen molar-refractivity contribution >= 4 is 33.3 Å². The number of aryl methyl sites for hydroxylation is 1. The van der Waals surface area contributed by atoms with Gasteiger partial charge in [0.05, 0.1) is 11.0 Å². The van der Waals surface area contributed by atoms with Gasteiger partial charge in [0, 0.05) is 18.0 Å². The summed E-state index contributed by atoms with van der Waals surface area (Å²) in [5.74, 6) is 1.16. The number of thiophene rings is 1. The van der Waals surface area contributed by atoms with Gasteiger partial charge in [-0.25, -0.2) is 4.98 Å². The van der Waals surface area contributed by atoms with Gasteiger partial charge < -0.3 is 15.7 Å². The highest BCUT2D eigenvalue weighted by molar-refractivity contribution is 7.18. The molecule has 5 nitrogen and oxygen atoms in total. The SMILES string of the molecule is CCc1cc2c(N3CCC(C)(O)C3)nc(N)nc2s1. The van der Waals surface area contributed by atoms with Gasteiger partial charge >= 0.3 is 0 Å². The number of aliphatic hydroxyl groups is 1. The van der Waals surface area contributed by atoms with Crippen molar-refractivity contribution in [3.8, 4) is 0 Å². The quantitative estimate of drug-likeness (QED) is 0.876. The summed E-state index contributed by atoms with van der Waals surface area (Å²) in [5, 5.41) is 11.2. The third-order valence-corrected chi connectivity index (χ3v) is 4.71. The second kappa shape index (κ2) is 4.31. The normalized spacial score (nSPS) is 23.4. The summed E-state index contributed by atoms with van der Waals surface area (Å²) < 4.78 is 0. The van der Waals surface area contributed by atoms with Gasteiger partial charge in [-0.3, -0.25) is 0 Å². The molecule has 0 aliphatic carbocycles. The number of fused-ring (bicyclic) bond motifs is 1. The van der Waals surface area contributed by atoms with E-state index in [4.69, 9.17) is 5.73 Å². The molecule has 0 amide bonds. The van der Waals surface area contributed by atoms with Crippen molar-refractivity contribution in [2.75, 3.05) is 23.7 Å². The Kier molecular flexibility index (Phi) is 2.87. The Morgan fingerprint density at radius 1 is 1.53 bits per heavy atom. The van der Waals surface area contributed by atoms with E-state index in [9.17, 15) is 5.11 Å². The summed E-state index contributed by atoms with van der Waals surface area (Å²) >= 11 is 1.66. The van der Waals surface area contributed by atoms with Gasteiger partial charge in [0.25, 0.3) is 0 Å². The van der Waals surface area contributed by atoms with Crippen LogP contribution in [0.1, 0.15) is 25.1 Å². The summed E-state index contributed by atoms with van der Waals surface area (Å²) in [6.07, 6.45) is 1.74. The summed E-state index contributed by atoms with van der Waals surface area (Å²) in [5.41, 5.74) is 5.16. The topological polar surface area (TPSA) is 75.3 Å². The van der Waals surface area contributed by atoms with Gasteiger partial charge in [0.15, 0.2) is 0 Å². The standard InChI is InChI=1S/C13H18N4OS/c1-3-8-6-9-10(15-12(14)16-11(9)19-8)17-5-4-13(2,18)7-17/h6,18H,3-5,7H2,1-2H3,(H2,14,15,16). The molecular formula is C13H18N4OS. The van der Waals surface area contributed by atoms with E-state index in [0.717, 1.165) is 35.4 Å². The van der Waals surface area contributed by atoms with Crippen molar-refractivity contribution in [2.45, 2.75) is 32.3 Å². The number of nitrogens with two attached hydrogens (primary N) is 1. The Labute approximate surface area is 116 Å². The summed E-state index contributed by atoms with van der Waals surface area (Å²) in [4.78, 5) is 13.0. The lowest BCUT2D eigenvalue weighted by atomic mass is 10.1. The molecule has 1 saturated heterocycles. The largest absolute Gasteiger partial charge is 0.388 e. The van der Waals surface area contributed by atoms with E-state index in [0.29, 0.717) is 12.5 Å². The molecule has 1 aliphatic rings. The van der Waals surface area contributed by atoms with E-state index in [1.54, 1.807) is 11.3 Å². The number of nitrogen functional groups attached to an aromatic ring is 1. The Balaban J connectivity index is 2.09. The molecule has 19 heavy (non-hydrogen) atoms. The number of β-amino-alcohol motifs (C(OH)–C–C–N with tert-alkyl or cyclic N) is 1. The van der Waals surface area contributed by atoms with Gasteiger partial charge in [-0.2, -0.15) is 4.98 Å².